The van der Waals surface area contributed by atoms with E-state index in [0.717, 1.165) is 0 Å². The fourth-order valence-corrected chi connectivity index (χ4v) is 4.80. The molecule has 0 radical (unpaired) electrons. The fourth-order valence-electron chi connectivity index (χ4n) is 3.39. The van der Waals surface area contributed by atoms with Gasteiger partial charge in [-0.25, -0.2) is 22.8 Å². The van der Waals surface area contributed by atoms with Gasteiger partial charge in [0.1, 0.15) is 5.75 Å². The molecular formula is C23H25ClF3N3O9S. The zero-order valence-electron chi connectivity index (χ0n) is 21.1. The standard InChI is InChI=1S/C21H24ClN3O7S.C2HF3O2/c1-3-32-21(28)25-10-8-24(9-11-25)18-6-4-14(20(26)27)12-17(18)23-33(29,30)15-5-7-19(31-2)16(22)13-15;3-2(4,5)1(6)7/h4-7,12-13,23H,3,8-11H2,1-2H3,(H,26,27);(H,6,7). The van der Waals surface area contributed by atoms with E-state index in [9.17, 15) is 36.3 Å². The van der Waals surface area contributed by atoms with Crippen LogP contribution in [0.15, 0.2) is 41.3 Å². The number of alkyl halides is 3. The number of benzene rings is 2. The van der Waals surface area contributed by atoms with E-state index in [1.807, 2.05) is 4.90 Å². The average Bonchev–Trinajstić information content (AvgIpc) is 2.88. The van der Waals surface area contributed by atoms with Crippen molar-refractivity contribution in [2.45, 2.75) is 18.0 Å². The molecule has 2 aromatic rings. The number of carboxylic acid groups (broad SMARTS) is 2. The van der Waals surface area contributed by atoms with Gasteiger partial charge < -0.3 is 29.5 Å². The molecule has 0 spiro atoms. The number of ether oxygens (including phenoxy) is 2. The molecule has 1 fully saturated rings. The van der Waals surface area contributed by atoms with Crippen molar-refractivity contribution in [3.8, 4) is 5.75 Å². The number of aliphatic carboxylic acids is 1. The highest BCUT2D eigenvalue weighted by molar-refractivity contribution is 7.92. The van der Waals surface area contributed by atoms with Crippen LogP contribution in [0.4, 0.5) is 29.3 Å². The molecule has 2 aromatic carbocycles. The fraction of sp³-hybridized carbons (Fsp3) is 0.348. The number of piperazine rings is 1. The van der Waals surface area contributed by atoms with Crippen molar-refractivity contribution in [3.05, 3.63) is 47.0 Å². The van der Waals surface area contributed by atoms with E-state index in [4.69, 9.17) is 31.0 Å². The topological polar surface area (TPSA) is 163 Å². The van der Waals surface area contributed by atoms with E-state index >= 15 is 0 Å². The molecule has 1 aliphatic heterocycles. The van der Waals surface area contributed by atoms with Crippen molar-refractivity contribution in [1.29, 1.82) is 0 Å². The molecule has 1 saturated heterocycles. The summed E-state index contributed by atoms with van der Waals surface area (Å²) in [4.78, 5) is 35.7. The molecule has 1 aliphatic rings. The van der Waals surface area contributed by atoms with Gasteiger partial charge in [0.15, 0.2) is 0 Å². The van der Waals surface area contributed by atoms with E-state index < -0.39 is 34.2 Å². The van der Waals surface area contributed by atoms with Gasteiger partial charge in [-0.15, -0.1) is 0 Å². The minimum Gasteiger partial charge on any atom is -0.495 e. The van der Waals surface area contributed by atoms with Gasteiger partial charge in [0.2, 0.25) is 0 Å². The number of hydrogen-bond donors (Lipinski definition) is 3. The summed E-state index contributed by atoms with van der Waals surface area (Å²) in [7, 11) is -2.67. The third-order valence-electron chi connectivity index (χ3n) is 5.31. The molecule has 0 atom stereocenters. The number of carbonyl (C=O) groups excluding carboxylic acids is 1. The van der Waals surface area contributed by atoms with Crippen LogP contribution in [0.2, 0.25) is 5.02 Å². The number of rotatable bonds is 7. The normalized spacial score (nSPS) is 13.6. The molecule has 12 nitrogen and oxygen atoms in total. The van der Waals surface area contributed by atoms with E-state index in [2.05, 4.69) is 4.72 Å². The maximum Gasteiger partial charge on any atom is 0.490 e. The highest BCUT2D eigenvalue weighted by atomic mass is 35.5. The largest absolute Gasteiger partial charge is 0.495 e. The van der Waals surface area contributed by atoms with Crippen LogP contribution in [0, 0.1) is 0 Å². The van der Waals surface area contributed by atoms with Crippen molar-refractivity contribution in [2.75, 3.05) is 49.5 Å². The van der Waals surface area contributed by atoms with E-state index in [1.54, 1.807) is 17.9 Å². The molecule has 0 aromatic heterocycles. The number of sulfonamides is 1. The Kier molecular flexibility index (Phi) is 10.8. The maximum atomic E-state index is 13.0. The quantitative estimate of drug-likeness (QED) is 0.420. The number of anilines is 2. The number of carbonyl (C=O) groups is 3. The third-order valence-corrected chi connectivity index (χ3v) is 6.97. The number of hydrogen-bond acceptors (Lipinski definition) is 8. The van der Waals surface area contributed by atoms with Crippen LogP contribution in [0.3, 0.4) is 0 Å². The summed E-state index contributed by atoms with van der Waals surface area (Å²) in [6, 6.07) is 8.23. The Hall–Kier alpha value is -3.92. The van der Waals surface area contributed by atoms with Crippen molar-refractivity contribution in [3.63, 3.8) is 0 Å². The first-order valence-electron chi connectivity index (χ1n) is 11.3. The lowest BCUT2D eigenvalue weighted by Crippen LogP contribution is -2.49. The average molecular weight is 612 g/mol. The number of nitrogens with zero attached hydrogens (tertiary/aromatic N) is 2. The van der Waals surface area contributed by atoms with Gasteiger partial charge in [-0.2, -0.15) is 13.2 Å². The lowest BCUT2D eigenvalue weighted by atomic mass is 10.1. The molecule has 0 aliphatic carbocycles. The predicted molar refractivity (Wildman–Crippen MR) is 137 cm³/mol. The smallest absolute Gasteiger partial charge is 0.490 e. The SMILES string of the molecule is CCOC(=O)N1CCN(c2ccc(C(=O)O)cc2NS(=O)(=O)c2ccc(OC)c(Cl)c2)CC1.O=C(O)C(F)(F)F. The summed E-state index contributed by atoms with van der Waals surface area (Å²) in [6.45, 7) is 3.58. The molecular weight excluding hydrogens is 587 g/mol. The predicted octanol–water partition coefficient (Wildman–Crippen LogP) is 3.76. The number of amides is 1. The maximum absolute atomic E-state index is 13.0. The minimum atomic E-state index is -5.08. The van der Waals surface area contributed by atoms with Crippen molar-refractivity contribution >= 4 is 51.0 Å². The van der Waals surface area contributed by atoms with E-state index in [0.29, 0.717) is 37.6 Å². The number of methoxy groups -OCH3 is 1. The first-order chi connectivity index (χ1) is 18.6. The molecule has 0 saturated carbocycles. The van der Waals surface area contributed by atoms with Crippen LogP contribution in [-0.4, -0.2) is 87.6 Å². The van der Waals surface area contributed by atoms with E-state index in [-0.39, 0.29) is 27.8 Å². The lowest BCUT2D eigenvalue weighted by Gasteiger charge is -2.36. The highest BCUT2D eigenvalue weighted by Gasteiger charge is 2.38. The molecule has 3 N–H and O–H groups in total. The highest BCUT2D eigenvalue weighted by Crippen LogP contribution is 2.32. The molecule has 1 heterocycles. The van der Waals surface area contributed by atoms with Crippen LogP contribution >= 0.6 is 11.6 Å². The second-order valence-electron chi connectivity index (χ2n) is 7.91. The van der Waals surface area contributed by atoms with Crippen LogP contribution in [0.25, 0.3) is 0 Å². The molecule has 0 bridgehead atoms. The Morgan fingerprint density at radius 2 is 1.65 bits per heavy atom. The Morgan fingerprint density at radius 1 is 1.05 bits per heavy atom. The van der Waals surface area contributed by atoms with Crippen molar-refractivity contribution in [1.82, 2.24) is 4.90 Å². The first-order valence-corrected chi connectivity index (χ1v) is 13.2. The van der Waals surface area contributed by atoms with Crippen molar-refractivity contribution in [2.24, 2.45) is 0 Å². The Balaban J connectivity index is 0.000000708. The summed E-state index contributed by atoms with van der Waals surface area (Å²) in [5.74, 6) is -3.63. The molecule has 0 unspecified atom stereocenters. The third kappa shape index (κ3) is 8.54. The molecule has 3 rings (SSSR count). The van der Waals surface area contributed by atoms with Gasteiger partial charge in [0.25, 0.3) is 10.0 Å². The van der Waals surface area contributed by atoms with Crippen LogP contribution < -0.4 is 14.4 Å². The molecule has 220 valence electrons. The van der Waals surface area contributed by atoms with Gasteiger partial charge in [-0.1, -0.05) is 11.6 Å². The molecule has 17 heteroatoms. The van der Waals surface area contributed by atoms with Gasteiger partial charge in [0, 0.05) is 26.2 Å². The second-order valence-corrected chi connectivity index (χ2v) is 10.0. The van der Waals surface area contributed by atoms with Gasteiger partial charge >= 0.3 is 24.2 Å². The zero-order chi connectivity index (χ0) is 30.3. The number of carboxylic acids is 2. The minimum absolute atomic E-state index is 0.0747. The number of nitrogens with one attached hydrogen (secondary N) is 1. The monoisotopic (exact) mass is 611 g/mol. The van der Waals surface area contributed by atoms with Gasteiger partial charge in [-0.05, 0) is 43.3 Å². The summed E-state index contributed by atoms with van der Waals surface area (Å²) in [6.07, 6.45) is -5.49. The summed E-state index contributed by atoms with van der Waals surface area (Å²) >= 11 is 6.07. The zero-order valence-corrected chi connectivity index (χ0v) is 22.6. The van der Waals surface area contributed by atoms with Crippen LogP contribution in [-0.2, 0) is 19.6 Å². The van der Waals surface area contributed by atoms with Crippen molar-refractivity contribution < 1.29 is 55.7 Å². The Labute approximate surface area is 231 Å². The van der Waals surface area contributed by atoms with Crippen LogP contribution in [0.5, 0.6) is 5.75 Å². The number of aromatic carboxylic acids is 1. The van der Waals surface area contributed by atoms with Gasteiger partial charge in [-0.3, -0.25) is 4.72 Å². The Bertz CT molecular complexity index is 1350. The van der Waals surface area contributed by atoms with E-state index in [1.165, 1.54) is 37.4 Å². The Morgan fingerprint density at radius 3 is 2.12 bits per heavy atom. The second kappa shape index (κ2) is 13.4. The first kappa shape index (κ1) is 32.3. The molecule has 40 heavy (non-hydrogen) atoms. The number of halogens is 4. The van der Waals surface area contributed by atoms with Gasteiger partial charge in [0.05, 0.1) is 40.6 Å². The summed E-state index contributed by atoms with van der Waals surface area (Å²) in [5.41, 5.74) is 0.521. The summed E-state index contributed by atoms with van der Waals surface area (Å²) < 4.78 is 70.4. The lowest BCUT2D eigenvalue weighted by molar-refractivity contribution is -0.192. The van der Waals surface area contributed by atoms with Crippen LogP contribution in [0.1, 0.15) is 17.3 Å². The molecule has 1 amide bonds. The summed E-state index contributed by atoms with van der Waals surface area (Å²) in [5, 5.41) is 16.6.